The lowest BCUT2D eigenvalue weighted by atomic mass is 10.1. The molecule has 1 amide bonds. The van der Waals surface area contributed by atoms with E-state index in [1.807, 2.05) is 10.7 Å². The van der Waals surface area contributed by atoms with Crippen LogP contribution in [0.25, 0.3) is 0 Å². The molecule has 1 heterocycles. The fourth-order valence-corrected chi connectivity index (χ4v) is 1.94. The maximum Gasteiger partial charge on any atom is 0.251 e. The van der Waals surface area contributed by atoms with Crippen molar-refractivity contribution < 1.29 is 9.18 Å². The molecule has 0 saturated carbocycles. The van der Waals surface area contributed by atoms with Crippen molar-refractivity contribution in [3.8, 4) is 0 Å². The summed E-state index contributed by atoms with van der Waals surface area (Å²) in [5.74, 6) is -1.39. The molecule has 6 heteroatoms. The van der Waals surface area contributed by atoms with Crippen molar-refractivity contribution in [2.45, 2.75) is 26.4 Å². The van der Waals surface area contributed by atoms with Gasteiger partial charge in [0, 0.05) is 18.4 Å². The summed E-state index contributed by atoms with van der Waals surface area (Å²) in [7, 11) is 0. The minimum Gasteiger partial charge on any atom is -0.379 e. The average Bonchev–Trinajstić information content (AvgIpc) is 2.85. The van der Waals surface area contributed by atoms with Gasteiger partial charge in [-0.15, -0.1) is 0 Å². The molecule has 0 unspecified atom stereocenters. The standard InChI is InChI=1S/C14H17FN4O/c1-2-7-19-11(5-6-18-19)9-17-10-3-4-13(15)12(8-10)14(16)20/h3-6,8,17H,2,7,9H2,1H3,(H2,16,20). The van der Waals surface area contributed by atoms with Gasteiger partial charge in [0.1, 0.15) is 5.82 Å². The van der Waals surface area contributed by atoms with E-state index in [1.54, 1.807) is 12.3 Å². The number of primary amides is 1. The van der Waals surface area contributed by atoms with Gasteiger partial charge < -0.3 is 11.1 Å². The quantitative estimate of drug-likeness (QED) is 0.849. The average molecular weight is 276 g/mol. The SMILES string of the molecule is CCCn1nccc1CNc1ccc(F)c(C(N)=O)c1. The van der Waals surface area contributed by atoms with Crippen LogP contribution in [0.2, 0.25) is 0 Å². The normalized spacial score (nSPS) is 10.5. The summed E-state index contributed by atoms with van der Waals surface area (Å²) in [4.78, 5) is 11.1. The fourth-order valence-electron chi connectivity index (χ4n) is 1.94. The van der Waals surface area contributed by atoms with Crippen LogP contribution in [0.1, 0.15) is 29.4 Å². The molecule has 3 N–H and O–H groups in total. The number of benzene rings is 1. The van der Waals surface area contributed by atoms with Crippen molar-refractivity contribution in [3.05, 3.63) is 47.5 Å². The summed E-state index contributed by atoms with van der Waals surface area (Å²) >= 11 is 0. The number of hydrogen-bond acceptors (Lipinski definition) is 3. The van der Waals surface area contributed by atoms with Gasteiger partial charge in [-0.05, 0) is 30.7 Å². The molecule has 0 atom stereocenters. The van der Waals surface area contributed by atoms with E-state index in [-0.39, 0.29) is 5.56 Å². The zero-order chi connectivity index (χ0) is 14.5. The molecule has 5 nitrogen and oxygen atoms in total. The van der Waals surface area contributed by atoms with Crippen molar-refractivity contribution in [1.82, 2.24) is 9.78 Å². The lowest BCUT2D eigenvalue weighted by Crippen LogP contribution is -2.14. The fraction of sp³-hybridized carbons (Fsp3) is 0.286. The molecule has 2 rings (SSSR count). The van der Waals surface area contributed by atoms with Crippen LogP contribution in [0.15, 0.2) is 30.5 Å². The van der Waals surface area contributed by atoms with E-state index in [1.165, 1.54) is 12.1 Å². The highest BCUT2D eigenvalue weighted by Crippen LogP contribution is 2.15. The second-order valence-electron chi connectivity index (χ2n) is 4.46. The first-order chi connectivity index (χ1) is 9.61. The van der Waals surface area contributed by atoms with Crippen LogP contribution in [0.5, 0.6) is 0 Å². The molecular weight excluding hydrogens is 259 g/mol. The number of nitrogens with one attached hydrogen (secondary N) is 1. The van der Waals surface area contributed by atoms with Gasteiger partial charge in [-0.1, -0.05) is 6.92 Å². The molecule has 1 aromatic heterocycles. The number of carbonyl (C=O) groups is 1. The maximum atomic E-state index is 13.4. The molecule has 0 fully saturated rings. The summed E-state index contributed by atoms with van der Waals surface area (Å²) in [6, 6.07) is 6.13. The first-order valence-electron chi connectivity index (χ1n) is 6.45. The van der Waals surface area contributed by atoms with Crippen molar-refractivity contribution in [3.63, 3.8) is 0 Å². The second-order valence-corrected chi connectivity index (χ2v) is 4.46. The lowest BCUT2D eigenvalue weighted by molar-refractivity contribution is 0.0996. The number of carbonyl (C=O) groups excluding carboxylic acids is 1. The lowest BCUT2D eigenvalue weighted by Gasteiger charge is -2.10. The number of aryl methyl sites for hydroxylation is 1. The van der Waals surface area contributed by atoms with Gasteiger partial charge in [0.15, 0.2) is 0 Å². The number of amides is 1. The Balaban J connectivity index is 2.09. The molecule has 0 radical (unpaired) electrons. The van der Waals surface area contributed by atoms with E-state index in [0.29, 0.717) is 12.2 Å². The molecule has 0 aliphatic carbocycles. The highest BCUT2D eigenvalue weighted by atomic mass is 19.1. The minimum atomic E-state index is -0.776. The Kier molecular flexibility index (Phi) is 4.34. The third-order valence-electron chi connectivity index (χ3n) is 2.95. The predicted octanol–water partition coefficient (Wildman–Crippen LogP) is 2.14. The molecule has 1 aromatic carbocycles. The number of nitrogens with two attached hydrogens (primary N) is 1. The Hall–Kier alpha value is -2.37. The topological polar surface area (TPSA) is 72.9 Å². The molecule has 0 spiro atoms. The van der Waals surface area contributed by atoms with E-state index >= 15 is 0 Å². The third kappa shape index (κ3) is 3.14. The van der Waals surface area contributed by atoms with Gasteiger partial charge in [-0.3, -0.25) is 9.48 Å². The second kappa shape index (κ2) is 6.18. The molecule has 0 bridgehead atoms. The van der Waals surface area contributed by atoms with E-state index in [9.17, 15) is 9.18 Å². The van der Waals surface area contributed by atoms with Crippen molar-refractivity contribution >= 4 is 11.6 Å². The van der Waals surface area contributed by atoms with Gasteiger partial charge in [-0.2, -0.15) is 5.10 Å². The van der Waals surface area contributed by atoms with Crippen molar-refractivity contribution in [1.29, 1.82) is 0 Å². The summed E-state index contributed by atoms with van der Waals surface area (Å²) < 4.78 is 15.3. The van der Waals surface area contributed by atoms with E-state index < -0.39 is 11.7 Å². The highest BCUT2D eigenvalue weighted by Gasteiger charge is 2.09. The van der Waals surface area contributed by atoms with Crippen LogP contribution in [0.3, 0.4) is 0 Å². The van der Waals surface area contributed by atoms with Gasteiger partial charge in [-0.25, -0.2) is 4.39 Å². The van der Waals surface area contributed by atoms with Gasteiger partial charge in [0.05, 0.1) is 17.8 Å². The number of halogens is 1. The highest BCUT2D eigenvalue weighted by molar-refractivity contribution is 5.94. The minimum absolute atomic E-state index is 0.114. The van der Waals surface area contributed by atoms with E-state index in [4.69, 9.17) is 5.73 Å². The van der Waals surface area contributed by atoms with Crippen LogP contribution < -0.4 is 11.1 Å². The summed E-state index contributed by atoms with van der Waals surface area (Å²) in [5.41, 5.74) is 6.67. The summed E-state index contributed by atoms with van der Waals surface area (Å²) in [6.45, 7) is 3.47. The number of aromatic nitrogens is 2. The van der Waals surface area contributed by atoms with E-state index in [0.717, 1.165) is 18.7 Å². The van der Waals surface area contributed by atoms with Gasteiger partial charge in [0.25, 0.3) is 5.91 Å². The number of rotatable bonds is 6. The molecule has 0 aliphatic heterocycles. The molecule has 0 aliphatic rings. The Morgan fingerprint density at radius 2 is 2.25 bits per heavy atom. The third-order valence-corrected chi connectivity index (χ3v) is 2.95. The van der Waals surface area contributed by atoms with Crippen LogP contribution >= 0.6 is 0 Å². The molecule has 2 aromatic rings. The first kappa shape index (κ1) is 14.0. The number of hydrogen-bond donors (Lipinski definition) is 2. The molecule has 106 valence electrons. The number of nitrogens with zero attached hydrogens (tertiary/aromatic N) is 2. The Bertz CT molecular complexity index is 609. The zero-order valence-corrected chi connectivity index (χ0v) is 11.3. The molecule has 20 heavy (non-hydrogen) atoms. The van der Waals surface area contributed by atoms with Gasteiger partial charge in [0.2, 0.25) is 0 Å². The molecule has 0 saturated heterocycles. The maximum absolute atomic E-state index is 13.4. The number of anilines is 1. The Morgan fingerprint density at radius 1 is 1.45 bits per heavy atom. The van der Waals surface area contributed by atoms with Crippen LogP contribution in [0.4, 0.5) is 10.1 Å². The zero-order valence-electron chi connectivity index (χ0n) is 11.3. The predicted molar refractivity (Wildman–Crippen MR) is 74.8 cm³/mol. The summed E-state index contributed by atoms with van der Waals surface area (Å²) in [5, 5.41) is 7.35. The monoisotopic (exact) mass is 276 g/mol. The van der Waals surface area contributed by atoms with Crippen LogP contribution in [0, 0.1) is 5.82 Å². The smallest absolute Gasteiger partial charge is 0.251 e. The Morgan fingerprint density at radius 3 is 2.95 bits per heavy atom. The summed E-state index contributed by atoms with van der Waals surface area (Å²) in [6.07, 6.45) is 2.74. The first-order valence-corrected chi connectivity index (χ1v) is 6.45. The van der Waals surface area contributed by atoms with Crippen molar-refractivity contribution in [2.24, 2.45) is 5.73 Å². The largest absolute Gasteiger partial charge is 0.379 e. The van der Waals surface area contributed by atoms with E-state index in [2.05, 4.69) is 17.3 Å². The van der Waals surface area contributed by atoms with Crippen molar-refractivity contribution in [2.75, 3.05) is 5.32 Å². The van der Waals surface area contributed by atoms with Crippen LogP contribution in [-0.2, 0) is 13.1 Å². The Labute approximate surface area is 116 Å². The molecular formula is C14H17FN4O. The van der Waals surface area contributed by atoms with Gasteiger partial charge >= 0.3 is 0 Å². The van der Waals surface area contributed by atoms with Crippen LogP contribution in [-0.4, -0.2) is 15.7 Å².